The Morgan fingerprint density at radius 1 is 1.03 bits per heavy atom. The highest BCUT2D eigenvalue weighted by Crippen LogP contribution is 2.32. The Balaban J connectivity index is 1.31. The SMILES string of the molecule is Cc1ccc(C(=O)N2CCc3nc([C@H]4CCCN(C(=O)C5CCC5)C4)[nH]c(=O)c3C2)cc1. The molecule has 1 aromatic carbocycles. The molecule has 32 heavy (non-hydrogen) atoms. The van der Waals surface area contributed by atoms with E-state index in [0.29, 0.717) is 36.5 Å². The Kier molecular flexibility index (Phi) is 5.57. The number of fused-ring (bicyclic) bond motifs is 1. The molecule has 7 heteroatoms. The summed E-state index contributed by atoms with van der Waals surface area (Å²) in [4.78, 5) is 50.0. The van der Waals surface area contributed by atoms with Crippen molar-refractivity contribution in [3.63, 3.8) is 0 Å². The zero-order valence-electron chi connectivity index (χ0n) is 18.6. The van der Waals surface area contributed by atoms with Crippen LogP contribution in [0.5, 0.6) is 0 Å². The highest BCUT2D eigenvalue weighted by Gasteiger charge is 2.34. The topological polar surface area (TPSA) is 86.4 Å². The van der Waals surface area contributed by atoms with Crippen LogP contribution in [0.25, 0.3) is 0 Å². The van der Waals surface area contributed by atoms with Crippen molar-refractivity contribution in [2.75, 3.05) is 19.6 Å². The molecule has 2 amide bonds. The third kappa shape index (κ3) is 3.96. The number of amides is 2. The van der Waals surface area contributed by atoms with Gasteiger partial charge in [0.15, 0.2) is 0 Å². The Morgan fingerprint density at radius 3 is 2.53 bits per heavy atom. The molecule has 0 radical (unpaired) electrons. The van der Waals surface area contributed by atoms with E-state index in [2.05, 4.69) is 4.98 Å². The van der Waals surface area contributed by atoms with Crippen LogP contribution >= 0.6 is 0 Å². The number of nitrogens with zero attached hydrogens (tertiary/aromatic N) is 3. The van der Waals surface area contributed by atoms with Gasteiger partial charge in [-0.05, 0) is 44.7 Å². The first-order valence-corrected chi connectivity index (χ1v) is 11.8. The Labute approximate surface area is 187 Å². The second-order valence-electron chi connectivity index (χ2n) is 9.47. The van der Waals surface area contributed by atoms with Crippen molar-refractivity contribution < 1.29 is 9.59 Å². The summed E-state index contributed by atoms with van der Waals surface area (Å²) < 4.78 is 0. The van der Waals surface area contributed by atoms with Gasteiger partial charge in [-0.1, -0.05) is 24.1 Å². The van der Waals surface area contributed by atoms with E-state index >= 15 is 0 Å². The molecule has 1 N–H and O–H groups in total. The van der Waals surface area contributed by atoms with Crippen LogP contribution in [-0.2, 0) is 17.8 Å². The van der Waals surface area contributed by atoms with E-state index < -0.39 is 0 Å². The van der Waals surface area contributed by atoms with Crippen LogP contribution < -0.4 is 5.56 Å². The highest BCUT2D eigenvalue weighted by atomic mass is 16.2. The fourth-order valence-electron chi connectivity index (χ4n) is 5.00. The molecule has 2 fully saturated rings. The molecule has 1 saturated heterocycles. The molecule has 5 rings (SSSR count). The van der Waals surface area contributed by atoms with E-state index in [4.69, 9.17) is 4.98 Å². The molecule has 1 saturated carbocycles. The molecule has 0 spiro atoms. The normalized spacial score (nSPS) is 21.1. The molecule has 2 aliphatic heterocycles. The maximum atomic E-state index is 12.9. The largest absolute Gasteiger partial charge is 0.342 e. The molecule has 1 aliphatic carbocycles. The predicted octanol–water partition coefficient (Wildman–Crippen LogP) is 2.78. The number of carbonyl (C=O) groups is 2. The van der Waals surface area contributed by atoms with E-state index in [1.54, 1.807) is 4.90 Å². The van der Waals surface area contributed by atoms with E-state index in [-0.39, 0.29) is 35.8 Å². The number of rotatable bonds is 3. The van der Waals surface area contributed by atoms with Crippen molar-refractivity contribution in [2.24, 2.45) is 5.92 Å². The van der Waals surface area contributed by atoms with Gasteiger partial charge in [-0.15, -0.1) is 0 Å². The minimum Gasteiger partial charge on any atom is -0.342 e. The average Bonchev–Trinajstić information content (AvgIpc) is 2.78. The third-order valence-electron chi connectivity index (χ3n) is 7.25. The Bertz CT molecular complexity index is 1090. The molecule has 2 aromatic rings. The number of carbonyl (C=O) groups excluding carboxylic acids is 2. The summed E-state index contributed by atoms with van der Waals surface area (Å²) in [5, 5.41) is 0. The second-order valence-corrected chi connectivity index (χ2v) is 9.47. The zero-order chi connectivity index (χ0) is 22.2. The lowest BCUT2D eigenvalue weighted by molar-refractivity contribution is -0.139. The number of aromatic nitrogens is 2. The summed E-state index contributed by atoms with van der Waals surface area (Å²) in [6, 6.07) is 7.51. The summed E-state index contributed by atoms with van der Waals surface area (Å²) in [5.41, 5.74) is 2.96. The number of aromatic amines is 1. The quantitative estimate of drug-likeness (QED) is 0.805. The fraction of sp³-hybridized carbons (Fsp3) is 0.520. The highest BCUT2D eigenvalue weighted by molar-refractivity contribution is 5.94. The molecule has 168 valence electrons. The van der Waals surface area contributed by atoms with Gasteiger partial charge < -0.3 is 14.8 Å². The van der Waals surface area contributed by atoms with Gasteiger partial charge in [-0.3, -0.25) is 14.4 Å². The molecule has 3 aliphatic rings. The number of hydrogen-bond donors (Lipinski definition) is 1. The standard InChI is InChI=1S/C25H30N4O3/c1-16-7-9-18(10-8-16)25(32)29-13-11-21-20(15-29)23(30)27-22(26-21)19-6-3-12-28(14-19)24(31)17-4-2-5-17/h7-10,17,19H,2-6,11-15H2,1H3,(H,26,27,30)/t19-/m0/s1. The first kappa shape index (κ1) is 20.9. The lowest BCUT2D eigenvalue weighted by Crippen LogP contribution is -2.45. The molecule has 3 heterocycles. The number of benzene rings is 1. The van der Waals surface area contributed by atoms with E-state index in [9.17, 15) is 14.4 Å². The van der Waals surface area contributed by atoms with Gasteiger partial charge in [-0.2, -0.15) is 0 Å². The number of piperidine rings is 1. The molecular formula is C25H30N4O3. The summed E-state index contributed by atoms with van der Waals surface area (Å²) in [6.45, 7) is 4.25. The van der Waals surface area contributed by atoms with Crippen molar-refractivity contribution in [1.82, 2.24) is 19.8 Å². The zero-order valence-corrected chi connectivity index (χ0v) is 18.6. The smallest absolute Gasteiger partial charge is 0.256 e. The van der Waals surface area contributed by atoms with Gasteiger partial charge in [-0.25, -0.2) is 4.98 Å². The van der Waals surface area contributed by atoms with Crippen LogP contribution in [-0.4, -0.2) is 51.2 Å². The minimum absolute atomic E-state index is 0.0587. The van der Waals surface area contributed by atoms with E-state index in [1.165, 1.54) is 0 Å². The number of hydrogen-bond acceptors (Lipinski definition) is 4. The lowest BCUT2D eigenvalue weighted by Gasteiger charge is -2.37. The van der Waals surface area contributed by atoms with Gasteiger partial charge in [0.2, 0.25) is 5.91 Å². The van der Waals surface area contributed by atoms with E-state index in [0.717, 1.165) is 49.9 Å². The summed E-state index contributed by atoms with van der Waals surface area (Å²) >= 11 is 0. The van der Waals surface area contributed by atoms with Crippen LogP contribution in [0.15, 0.2) is 29.1 Å². The summed E-state index contributed by atoms with van der Waals surface area (Å²) in [5.74, 6) is 1.17. The van der Waals surface area contributed by atoms with Gasteiger partial charge in [0.25, 0.3) is 11.5 Å². The first-order valence-electron chi connectivity index (χ1n) is 11.8. The van der Waals surface area contributed by atoms with Gasteiger partial charge >= 0.3 is 0 Å². The predicted molar refractivity (Wildman–Crippen MR) is 120 cm³/mol. The third-order valence-corrected chi connectivity index (χ3v) is 7.25. The number of H-pyrrole nitrogens is 1. The van der Waals surface area contributed by atoms with Gasteiger partial charge in [0, 0.05) is 43.5 Å². The molecule has 7 nitrogen and oxygen atoms in total. The van der Waals surface area contributed by atoms with Crippen molar-refractivity contribution in [1.29, 1.82) is 0 Å². The number of aryl methyl sites for hydroxylation is 1. The molecule has 1 atom stereocenters. The minimum atomic E-state index is -0.158. The Hall–Kier alpha value is -2.96. The second kappa shape index (κ2) is 8.52. The molecule has 1 aromatic heterocycles. The molecular weight excluding hydrogens is 404 g/mol. The van der Waals surface area contributed by atoms with Gasteiger partial charge in [0.1, 0.15) is 5.82 Å². The summed E-state index contributed by atoms with van der Waals surface area (Å²) in [7, 11) is 0. The maximum Gasteiger partial charge on any atom is 0.256 e. The summed E-state index contributed by atoms with van der Waals surface area (Å²) in [6.07, 6.45) is 5.59. The van der Waals surface area contributed by atoms with E-state index in [1.807, 2.05) is 36.1 Å². The monoisotopic (exact) mass is 434 g/mol. The maximum absolute atomic E-state index is 12.9. The van der Waals surface area contributed by atoms with Crippen molar-refractivity contribution in [3.8, 4) is 0 Å². The molecule has 0 bridgehead atoms. The van der Waals surface area contributed by atoms with Crippen LogP contribution in [0.3, 0.4) is 0 Å². The molecule has 0 unspecified atom stereocenters. The number of nitrogens with one attached hydrogen (secondary N) is 1. The van der Waals surface area contributed by atoms with Crippen molar-refractivity contribution in [2.45, 2.75) is 57.9 Å². The van der Waals surface area contributed by atoms with Crippen LogP contribution in [0.2, 0.25) is 0 Å². The number of likely N-dealkylation sites (tertiary alicyclic amines) is 1. The van der Waals surface area contributed by atoms with Crippen LogP contribution in [0.1, 0.15) is 71.0 Å². The van der Waals surface area contributed by atoms with Crippen molar-refractivity contribution >= 4 is 11.8 Å². The fourth-order valence-corrected chi connectivity index (χ4v) is 5.00. The first-order chi connectivity index (χ1) is 15.5. The van der Waals surface area contributed by atoms with Crippen LogP contribution in [0, 0.1) is 12.8 Å². The van der Waals surface area contributed by atoms with Crippen molar-refractivity contribution in [3.05, 3.63) is 62.8 Å². The average molecular weight is 435 g/mol. The van der Waals surface area contributed by atoms with Crippen LogP contribution in [0.4, 0.5) is 0 Å². The lowest BCUT2D eigenvalue weighted by atomic mass is 9.83. The van der Waals surface area contributed by atoms with Gasteiger partial charge in [0.05, 0.1) is 17.8 Å². The Morgan fingerprint density at radius 2 is 1.81 bits per heavy atom.